The second-order valence-electron chi connectivity index (χ2n) is 5.84. The second kappa shape index (κ2) is 6.43. The highest BCUT2D eigenvalue weighted by Crippen LogP contribution is 2.38. The van der Waals surface area contributed by atoms with Crippen molar-refractivity contribution in [3.05, 3.63) is 89.0 Å². The molecule has 0 saturated heterocycles. The minimum Gasteiger partial charge on any atom is -0.372 e. The molecule has 116 valence electrons. The molecule has 1 atom stereocenters. The summed E-state index contributed by atoms with van der Waals surface area (Å²) in [6.07, 6.45) is 0.746. The topological polar surface area (TPSA) is 35.8 Å². The maximum absolute atomic E-state index is 9.49. The average molecular weight is 328 g/mol. The number of nitriles is 1. The highest BCUT2D eigenvalue weighted by atomic mass is 32.2. The van der Waals surface area contributed by atoms with E-state index in [1.165, 1.54) is 16.3 Å². The fraction of sp³-hybridized carbons (Fsp3) is 0.0952. The van der Waals surface area contributed by atoms with Crippen molar-refractivity contribution in [1.82, 2.24) is 5.32 Å². The summed E-state index contributed by atoms with van der Waals surface area (Å²) < 4.78 is 0. The SMILES string of the molecule is N#CC1=C(Sc2ccc3ccccc3c2)NC(c2ccccc2)C1. The van der Waals surface area contributed by atoms with Crippen molar-refractivity contribution in [2.45, 2.75) is 17.4 Å². The van der Waals surface area contributed by atoms with Crippen molar-refractivity contribution < 1.29 is 0 Å². The lowest BCUT2D eigenvalue weighted by Crippen LogP contribution is -2.12. The van der Waals surface area contributed by atoms with Crippen LogP contribution >= 0.6 is 11.8 Å². The van der Waals surface area contributed by atoms with Crippen LogP contribution in [0.3, 0.4) is 0 Å². The molecule has 0 fully saturated rings. The Labute approximate surface area is 145 Å². The Bertz CT molecular complexity index is 954. The maximum Gasteiger partial charge on any atom is 0.0975 e. The van der Waals surface area contributed by atoms with Gasteiger partial charge in [-0.1, -0.05) is 72.4 Å². The molecule has 4 rings (SSSR count). The van der Waals surface area contributed by atoms with Gasteiger partial charge in [0.1, 0.15) is 0 Å². The second-order valence-corrected chi connectivity index (χ2v) is 6.93. The monoisotopic (exact) mass is 328 g/mol. The van der Waals surface area contributed by atoms with Gasteiger partial charge in [0.15, 0.2) is 0 Å². The number of nitrogens with zero attached hydrogens (tertiary/aromatic N) is 1. The quantitative estimate of drug-likeness (QED) is 0.699. The van der Waals surface area contributed by atoms with Crippen LogP contribution in [-0.4, -0.2) is 0 Å². The van der Waals surface area contributed by atoms with Gasteiger partial charge in [0, 0.05) is 11.3 Å². The number of benzene rings is 3. The molecule has 1 heterocycles. The Balaban J connectivity index is 1.59. The van der Waals surface area contributed by atoms with Crippen LogP contribution in [0.5, 0.6) is 0 Å². The summed E-state index contributed by atoms with van der Waals surface area (Å²) in [5, 5.41) is 16.4. The van der Waals surface area contributed by atoms with Crippen LogP contribution in [-0.2, 0) is 0 Å². The summed E-state index contributed by atoms with van der Waals surface area (Å²) in [6.45, 7) is 0. The molecule has 0 amide bonds. The molecule has 0 saturated carbocycles. The van der Waals surface area contributed by atoms with E-state index in [0.717, 1.165) is 21.9 Å². The van der Waals surface area contributed by atoms with Gasteiger partial charge in [0.2, 0.25) is 0 Å². The van der Waals surface area contributed by atoms with Crippen molar-refractivity contribution in [2.24, 2.45) is 0 Å². The molecule has 3 heteroatoms. The highest BCUT2D eigenvalue weighted by Gasteiger charge is 2.25. The summed E-state index contributed by atoms with van der Waals surface area (Å²) in [6, 6.07) is 27.6. The standard InChI is InChI=1S/C21H16N2S/c22-14-18-13-20(16-7-2-1-3-8-16)23-21(18)24-19-11-10-15-6-4-5-9-17(15)12-19/h1-12,20,23H,13H2. The fourth-order valence-corrected chi connectivity index (χ4v) is 4.03. The molecule has 0 radical (unpaired) electrons. The molecule has 3 aromatic carbocycles. The van der Waals surface area contributed by atoms with Crippen LogP contribution in [0.1, 0.15) is 18.0 Å². The van der Waals surface area contributed by atoms with Crippen molar-refractivity contribution in [1.29, 1.82) is 5.26 Å². The first kappa shape index (κ1) is 14.9. The summed E-state index contributed by atoms with van der Waals surface area (Å²) in [5.74, 6) is 0. The smallest absolute Gasteiger partial charge is 0.0975 e. The first-order valence-corrected chi connectivity index (χ1v) is 8.76. The molecule has 0 aromatic heterocycles. The van der Waals surface area contributed by atoms with Crippen molar-refractivity contribution in [2.75, 3.05) is 0 Å². The van der Waals surface area contributed by atoms with Crippen LogP contribution in [0.4, 0.5) is 0 Å². The molecule has 24 heavy (non-hydrogen) atoms. The van der Waals surface area contributed by atoms with E-state index < -0.39 is 0 Å². The number of hydrogen-bond acceptors (Lipinski definition) is 3. The molecular formula is C21H16N2S. The summed E-state index contributed by atoms with van der Waals surface area (Å²) >= 11 is 1.64. The Hall–Kier alpha value is -2.70. The maximum atomic E-state index is 9.49. The summed E-state index contributed by atoms with van der Waals surface area (Å²) in [4.78, 5) is 1.15. The van der Waals surface area contributed by atoms with Crippen LogP contribution in [0, 0.1) is 11.3 Å². The highest BCUT2D eigenvalue weighted by molar-refractivity contribution is 8.03. The van der Waals surface area contributed by atoms with E-state index in [1.807, 2.05) is 18.2 Å². The van der Waals surface area contributed by atoms with Gasteiger partial charge in [-0.3, -0.25) is 0 Å². The molecule has 0 spiro atoms. The Morgan fingerprint density at radius 2 is 1.67 bits per heavy atom. The minimum atomic E-state index is 0.184. The lowest BCUT2D eigenvalue weighted by Gasteiger charge is -2.13. The third-order valence-electron chi connectivity index (χ3n) is 4.27. The zero-order valence-corrected chi connectivity index (χ0v) is 13.9. The lowest BCUT2D eigenvalue weighted by molar-refractivity contribution is 0.665. The first-order valence-electron chi connectivity index (χ1n) is 7.95. The van der Waals surface area contributed by atoms with Crippen LogP contribution in [0.2, 0.25) is 0 Å². The summed E-state index contributed by atoms with van der Waals surface area (Å²) in [5.41, 5.74) is 2.06. The number of fused-ring (bicyclic) bond motifs is 1. The summed E-state index contributed by atoms with van der Waals surface area (Å²) in [7, 11) is 0. The van der Waals surface area contributed by atoms with Gasteiger partial charge in [-0.25, -0.2) is 0 Å². The van der Waals surface area contributed by atoms with E-state index in [-0.39, 0.29) is 6.04 Å². The molecule has 1 aliphatic heterocycles. The van der Waals surface area contributed by atoms with Gasteiger partial charge < -0.3 is 5.32 Å². The van der Waals surface area contributed by atoms with E-state index in [4.69, 9.17) is 0 Å². The third-order valence-corrected chi connectivity index (χ3v) is 5.32. The zero-order valence-electron chi connectivity index (χ0n) is 13.1. The molecular weight excluding hydrogens is 312 g/mol. The van der Waals surface area contributed by atoms with E-state index >= 15 is 0 Å². The normalized spacial score (nSPS) is 16.9. The van der Waals surface area contributed by atoms with Gasteiger partial charge in [0.25, 0.3) is 0 Å². The van der Waals surface area contributed by atoms with Gasteiger partial charge >= 0.3 is 0 Å². The van der Waals surface area contributed by atoms with Crippen LogP contribution in [0.25, 0.3) is 10.8 Å². The van der Waals surface area contributed by atoms with Crippen molar-refractivity contribution in [3.8, 4) is 6.07 Å². The van der Waals surface area contributed by atoms with Gasteiger partial charge in [0.05, 0.1) is 22.7 Å². The average Bonchev–Trinajstić information content (AvgIpc) is 3.05. The fourth-order valence-electron chi connectivity index (χ4n) is 3.02. The Morgan fingerprint density at radius 1 is 0.917 bits per heavy atom. The molecule has 1 N–H and O–H groups in total. The lowest BCUT2D eigenvalue weighted by atomic mass is 10.0. The number of thioether (sulfide) groups is 1. The van der Waals surface area contributed by atoms with E-state index in [0.29, 0.717) is 0 Å². The minimum absolute atomic E-state index is 0.184. The Kier molecular flexibility index (Phi) is 3.98. The first-order chi connectivity index (χ1) is 11.8. The zero-order chi connectivity index (χ0) is 16.4. The van der Waals surface area contributed by atoms with Gasteiger partial charge in [-0.2, -0.15) is 5.26 Å². The molecule has 2 nitrogen and oxygen atoms in total. The third kappa shape index (κ3) is 2.89. The predicted molar refractivity (Wildman–Crippen MR) is 99.4 cm³/mol. The molecule has 1 unspecified atom stereocenters. The number of rotatable bonds is 3. The van der Waals surface area contributed by atoms with Crippen LogP contribution in [0.15, 0.2) is 88.3 Å². The van der Waals surface area contributed by atoms with Crippen molar-refractivity contribution >= 4 is 22.5 Å². The molecule has 0 bridgehead atoms. The molecule has 3 aromatic rings. The molecule has 1 aliphatic rings. The van der Waals surface area contributed by atoms with Crippen LogP contribution < -0.4 is 5.32 Å². The van der Waals surface area contributed by atoms with Gasteiger partial charge in [-0.05, 0) is 28.5 Å². The predicted octanol–water partition coefficient (Wildman–Crippen LogP) is 5.40. The van der Waals surface area contributed by atoms with E-state index in [1.54, 1.807) is 11.8 Å². The van der Waals surface area contributed by atoms with Gasteiger partial charge in [-0.15, -0.1) is 0 Å². The Morgan fingerprint density at radius 3 is 2.46 bits per heavy atom. The molecule has 0 aliphatic carbocycles. The number of hydrogen-bond donors (Lipinski definition) is 1. The van der Waals surface area contributed by atoms with Crippen molar-refractivity contribution in [3.63, 3.8) is 0 Å². The van der Waals surface area contributed by atoms with E-state index in [9.17, 15) is 5.26 Å². The van der Waals surface area contributed by atoms with E-state index in [2.05, 4.69) is 66.0 Å². The largest absolute Gasteiger partial charge is 0.372 e. The number of nitrogens with one attached hydrogen (secondary N) is 1.